The summed E-state index contributed by atoms with van der Waals surface area (Å²) < 4.78 is 14.0. The molecule has 3 aromatic rings. The third-order valence-corrected chi connectivity index (χ3v) is 3.84. The van der Waals surface area contributed by atoms with Crippen LogP contribution in [0.15, 0.2) is 47.5 Å². The van der Waals surface area contributed by atoms with E-state index >= 15 is 0 Å². The van der Waals surface area contributed by atoms with Crippen LogP contribution in [0.2, 0.25) is 0 Å². The van der Waals surface area contributed by atoms with Gasteiger partial charge in [0.1, 0.15) is 10.8 Å². The first-order chi connectivity index (χ1) is 9.61. The van der Waals surface area contributed by atoms with E-state index in [1.54, 1.807) is 30.4 Å². The summed E-state index contributed by atoms with van der Waals surface area (Å²) in [6.07, 6.45) is 0. The van der Waals surface area contributed by atoms with Crippen LogP contribution in [0.3, 0.4) is 0 Å². The second-order valence-corrected chi connectivity index (χ2v) is 5.46. The Morgan fingerprint density at radius 2 is 1.95 bits per heavy atom. The van der Waals surface area contributed by atoms with E-state index in [-0.39, 0.29) is 5.82 Å². The fourth-order valence-corrected chi connectivity index (χ4v) is 2.91. The van der Waals surface area contributed by atoms with Gasteiger partial charge in [0.05, 0.1) is 21.7 Å². The van der Waals surface area contributed by atoms with Crippen LogP contribution in [0.1, 0.15) is 6.92 Å². The molecule has 100 valence electrons. The Labute approximate surface area is 119 Å². The largest absolute Gasteiger partial charge is 0.387 e. The van der Waals surface area contributed by atoms with Crippen molar-refractivity contribution < 1.29 is 4.39 Å². The second kappa shape index (κ2) is 5.02. The minimum atomic E-state index is -0.245. The zero-order valence-electron chi connectivity index (χ0n) is 10.8. The van der Waals surface area contributed by atoms with E-state index in [9.17, 15) is 4.39 Å². The first kappa shape index (κ1) is 12.7. The lowest BCUT2D eigenvalue weighted by Crippen LogP contribution is -2.03. The number of rotatable bonds is 2. The summed E-state index contributed by atoms with van der Waals surface area (Å²) in [6, 6.07) is 12.1. The van der Waals surface area contributed by atoms with Gasteiger partial charge in [-0.1, -0.05) is 0 Å². The molecule has 0 aliphatic rings. The lowest BCUT2D eigenvalue weighted by molar-refractivity contribution is 0.628. The molecule has 0 spiro atoms. The van der Waals surface area contributed by atoms with Crippen LogP contribution in [0, 0.1) is 5.82 Å². The van der Waals surface area contributed by atoms with Crippen molar-refractivity contribution in [3.05, 3.63) is 48.3 Å². The highest BCUT2D eigenvalue weighted by Crippen LogP contribution is 2.32. The molecule has 0 radical (unpaired) electrons. The van der Waals surface area contributed by atoms with Crippen molar-refractivity contribution in [3.8, 4) is 10.6 Å². The Bertz CT molecular complexity index is 786. The van der Waals surface area contributed by atoms with Crippen LogP contribution in [0.5, 0.6) is 0 Å². The van der Waals surface area contributed by atoms with Crippen LogP contribution in [0.25, 0.3) is 20.8 Å². The maximum absolute atomic E-state index is 12.9. The molecular weight excluding hydrogens is 273 g/mol. The second-order valence-electron chi connectivity index (χ2n) is 4.43. The van der Waals surface area contributed by atoms with Crippen molar-refractivity contribution in [1.29, 1.82) is 0 Å². The topological polar surface area (TPSA) is 51.3 Å². The number of thiazole rings is 1. The van der Waals surface area contributed by atoms with E-state index in [2.05, 4.69) is 9.98 Å². The molecule has 0 saturated heterocycles. The molecular formula is C15H12FN3S. The number of nitrogens with two attached hydrogens (primary N) is 1. The maximum atomic E-state index is 12.9. The number of nitrogens with zero attached hydrogens (tertiary/aromatic N) is 2. The third-order valence-electron chi connectivity index (χ3n) is 2.77. The molecule has 0 aliphatic carbocycles. The Hall–Kier alpha value is -2.27. The Kier molecular flexibility index (Phi) is 3.20. The number of aliphatic imine (C=N–C) groups is 1. The average Bonchev–Trinajstić information content (AvgIpc) is 2.81. The molecule has 0 unspecified atom stereocenters. The number of amidine groups is 1. The zero-order valence-corrected chi connectivity index (χ0v) is 11.6. The van der Waals surface area contributed by atoms with Gasteiger partial charge in [-0.3, -0.25) is 0 Å². The summed E-state index contributed by atoms with van der Waals surface area (Å²) in [6.45, 7) is 1.75. The van der Waals surface area contributed by atoms with E-state index in [0.717, 1.165) is 26.5 Å². The van der Waals surface area contributed by atoms with Gasteiger partial charge in [0, 0.05) is 5.56 Å². The van der Waals surface area contributed by atoms with Crippen molar-refractivity contribution >= 4 is 33.1 Å². The molecule has 20 heavy (non-hydrogen) atoms. The van der Waals surface area contributed by atoms with E-state index in [4.69, 9.17) is 5.73 Å². The Morgan fingerprint density at radius 1 is 1.20 bits per heavy atom. The summed E-state index contributed by atoms with van der Waals surface area (Å²) in [7, 11) is 0. The number of hydrogen-bond acceptors (Lipinski definition) is 3. The molecule has 2 aromatic carbocycles. The zero-order chi connectivity index (χ0) is 14.1. The minimum Gasteiger partial charge on any atom is -0.387 e. The average molecular weight is 285 g/mol. The number of hydrogen-bond donors (Lipinski definition) is 1. The summed E-state index contributed by atoms with van der Waals surface area (Å²) in [5.74, 6) is 0.275. The minimum absolute atomic E-state index is 0.245. The molecule has 0 bridgehead atoms. The van der Waals surface area contributed by atoms with Gasteiger partial charge < -0.3 is 5.73 Å². The third kappa shape index (κ3) is 2.53. The highest BCUT2D eigenvalue weighted by molar-refractivity contribution is 7.21. The van der Waals surface area contributed by atoms with Gasteiger partial charge in [-0.2, -0.15) is 0 Å². The van der Waals surface area contributed by atoms with Gasteiger partial charge in [-0.15, -0.1) is 11.3 Å². The van der Waals surface area contributed by atoms with Crippen LogP contribution in [-0.4, -0.2) is 10.8 Å². The Balaban J connectivity index is 2.06. The smallest absolute Gasteiger partial charge is 0.124 e. The summed E-state index contributed by atoms with van der Waals surface area (Å²) in [4.78, 5) is 8.78. The first-order valence-electron chi connectivity index (χ1n) is 6.09. The van der Waals surface area contributed by atoms with Gasteiger partial charge in [0.2, 0.25) is 0 Å². The van der Waals surface area contributed by atoms with Crippen LogP contribution in [-0.2, 0) is 0 Å². The fourth-order valence-electron chi connectivity index (χ4n) is 1.90. The number of fused-ring (bicyclic) bond motifs is 1. The standard InChI is InChI=1S/C15H12FN3S/c1-9(17)18-12-6-7-13-14(8-12)20-15(19-13)10-2-4-11(16)5-3-10/h2-8H,1H3,(H2,17,18). The maximum Gasteiger partial charge on any atom is 0.124 e. The quantitative estimate of drug-likeness (QED) is 0.569. The van der Waals surface area contributed by atoms with Crippen molar-refractivity contribution in [2.24, 2.45) is 10.7 Å². The van der Waals surface area contributed by atoms with Gasteiger partial charge >= 0.3 is 0 Å². The predicted octanol–water partition coefficient (Wildman–Crippen LogP) is 4.11. The highest BCUT2D eigenvalue weighted by atomic mass is 32.1. The fraction of sp³-hybridized carbons (Fsp3) is 0.0667. The van der Waals surface area contributed by atoms with Gasteiger partial charge in [0.15, 0.2) is 0 Å². The monoisotopic (exact) mass is 285 g/mol. The molecule has 0 aliphatic heterocycles. The van der Waals surface area contributed by atoms with E-state index in [1.165, 1.54) is 12.1 Å². The molecule has 0 atom stereocenters. The molecule has 3 nitrogen and oxygen atoms in total. The van der Waals surface area contributed by atoms with Gasteiger partial charge in [-0.05, 0) is 49.4 Å². The van der Waals surface area contributed by atoms with E-state index in [1.807, 2.05) is 18.2 Å². The highest BCUT2D eigenvalue weighted by Gasteiger charge is 2.07. The Morgan fingerprint density at radius 3 is 2.65 bits per heavy atom. The molecule has 3 rings (SSSR count). The number of benzene rings is 2. The van der Waals surface area contributed by atoms with Gasteiger partial charge in [-0.25, -0.2) is 14.4 Å². The lowest BCUT2D eigenvalue weighted by atomic mass is 10.2. The van der Waals surface area contributed by atoms with Crippen LogP contribution < -0.4 is 5.73 Å². The van der Waals surface area contributed by atoms with E-state index in [0.29, 0.717) is 5.84 Å². The normalized spacial score (nSPS) is 12.0. The lowest BCUT2D eigenvalue weighted by Gasteiger charge is -1.94. The molecule has 2 N–H and O–H groups in total. The SMILES string of the molecule is CC(N)=Nc1ccc2nc(-c3ccc(F)cc3)sc2c1. The molecule has 0 fully saturated rings. The van der Waals surface area contributed by atoms with Crippen molar-refractivity contribution in [3.63, 3.8) is 0 Å². The molecule has 1 aromatic heterocycles. The molecule has 5 heteroatoms. The van der Waals surface area contributed by atoms with Crippen LogP contribution in [0.4, 0.5) is 10.1 Å². The van der Waals surface area contributed by atoms with Gasteiger partial charge in [0.25, 0.3) is 0 Å². The molecule has 1 heterocycles. The summed E-state index contributed by atoms with van der Waals surface area (Å²) >= 11 is 1.55. The molecule has 0 amide bonds. The van der Waals surface area contributed by atoms with E-state index < -0.39 is 0 Å². The van der Waals surface area contributed by atoms with Crippen molar-refractivity contribution in [2.45, 2.75) is 6.92 Å². The number of halogens is 1. The van der Waals surface area contributed by atoms with Crippen molar-refractivity contribution in [2.75, 3.05) is 0 Å². The van der Waals surface area contributed by atoms with Crippen LogP contribution >= 0.6 is 11.3 Å². The molecule has 0 saturated carbocycles. The number of aromatic nitrogens is 1. The summed E-state index contributed by atoms with van der Waals surface area (Å²) in [5.41, 5.74) is 8.21. The van der Waals surface area contributed by atoms with Crippen molar-refractivity contribution in [1.82, 2.24) is 4.98 Å². The summed E-state index contributed by atoms with van der Waals surface area (Å²) in [5, 5.41) is 0.866. The first-order valence-corrected chi connectivity index (χ1v) is 6.91. The predicted molar refractivity (Wildman–Crippen MR) is 82.0 cm³/mol.